The van der Waals surface area contributed by atoms with Crippen LogP contribution in [-0.2, 0) is 4.79 Å². The van der Waals surface area contributed by atoms with Gasteiger partial charge in [0.15, 0.2) is 0 Å². The van der Waals surface area contributed by atoms with Crippen LogP contribution in [-0.4, -0.2) is 53.6 Å². The molecule has 0 bridgehead atoms. The molecular weight excluding hydrogens is 246 g/mol. The molecule has 0 aromatic heterocycles. The van der Waals surface area contributed by atoms with Crippen molar-refractivity contribution >= 4 is 12.0 Å². The van der Waals surface area contributed by atoms with Gasteiger partial charge in [-0.25, -0.2) is 4.79 Å². The van der Waals surface area contributed by atoms with Crippen molar-refractivity contribution in [3.63, 3.8) is 0 Å². The maximum Gasteiger partial charge on any atom is 0.319 e. The molecule has 0 aromatic carbocycles. The number of piperidine rings is 1. The standard InChI is InChI=1S/C13H21N3O3/c1-10(7-14)8-15(3)12(19)16-6-4-5-13(2,9-16)11(17)18/h10H,4-6,8-9H2,1-3H3,(H,17,18). The average molecular weight is 267 g/mol. The third kappa shape index (κ3) is 3.60. The van der Waals surface area contributed by atoms with Crippen LogP contribution >= 0.6 is 0 Å². The van der Waals surface area contributed by atoms with E-state index >= 15 is 0 Å². The van der Waals surface area contributed by atoms with Gasteiger partial charge in [0.2, 0.25) is 0 Å². The normalized spacial score (nSPS) is 24.4. The molecule has 1 N–H and O–H groups in total. The van der Waals surface area contributed by atoms with Crippen LogP contribution in [0.3, 0.4) is 0 Å². The number of rotatable bonds is 3. The minimum atomic E-state index is -0.865. The zero-order valence-electron chi connectivity index (χ0n) is 11.7. The van der Waals surface area contributed by atoms with E-state index in [-0.39, 0.29) is 18.5 Å². The van der Waals surface area contributed by atoms with Crippen LogP contribution < -0.4 is 0 Å². The molecule has 1 aliphatic heterocycles. The molecule has 6 nitrogen and oxygen atoms in total. The van der Waals surface area contributed by atoms with Crippen LogP contribution in [0.2, 0.25) is 0 Å². The predicted molar refractivity (Wildman–Crippen MR) is 69.4 cm³/mol. The number of carbonyl (C=O) groups excluding carboxylic acids is 1. The molecule has 106 valence electrons. The fraction of sp³-hybridized carbons (Fsp3) is 0.769. The quantitative estimate of drug-likeness (QED) is 0.837. The minimum Gasteiger partial charge on any atom is -0.481 e. The molecule has 1 heterocycles. The van der Waals surface area contributed by atoms with Gasteiger partial charge in [0.1, 0.15) is 0 Å². The summed E-state index contributed by atoms with van der Waals surface area (Å²) in [6.07, 6.45) is 1.28. The fourth-order valence-electron chi connectivity index (χ4n) is 2.35. The number of carbonyl (C=O) groups is 2. The zero-order valence-corrected chi connectivity index (χ0v) is 11.7. The van der Waals surface area contributed by atoms with Gasteiger partial charge in [-0.15, -0.1) is 0 Å². The number of amides is 2. The van der Waals surface area contributed by atoms with Crippen molar-refractivity contribution in [2.75, 3.05) is 26.7 Å². The summed E-state index contributed by atoms with van der Waals surface area (Å²) in [5.74, 6) is -1.09. The minimum absolute atomic E-state index is 0.200. The number of nitriles is 1. The number of carboxylic acid groups (broad SMARTS) is 1. The first-order chi connectivity index (χ1) is 8.80. The Morgan fingerprint density at radius 3 is 2.74 bits per heavy atom. The van der Waals surface area contributed by atoms with Crippen molar-refractivity contribution in [3.05, 3.63) is 0 Å². The van der Waals surface area contributed by atoms with Gasteiger partial charge in [-0.05, 0) is 26.7 Å². The van der Waals surface area contributed by atoms with Crippen LogP contribution in [0.5, 0.6) is 0 Å². The lowest BCUT2D eigenvalue weighted by Crippen LogP contribution is -2.52. The number of urea groups is 1. The van der Waals surface area contributed by atoms with Crippen LogP contribution in [0.15, 0.2) is 0 Å². The summed E-state index contributed by atoms with van der Waals surface area (Å²) in [7, 11) is 1.64. The van der Waals surface area contributed by atoms with E-state index in [1.165, 1.54) is 4.90 Å². The molecule has 0 radical (unpaired) electrons. The predicted octanol–water partition coefficient (Wildman–Crippen LogP) is 1.38. The van der Waals surface area contributed by atoms with Gasteiger partial charge in [-0.3, -0.25) is 4.79 Å². The average Bonchev–Trinajstić information content (AvgIpc) is 2.37. The van der Waals surface area contributed by atoms with Crippen molar-refractivity contribution in [2.24, 2.45) is 11.3 Å². The smallest absolute Gasteiger partial charge is 0.319 e. The Balaban J connectivity index is 2.67. The van der Waals surface area contributed by atoms with E-state index in [1.807, 2.05) is 0 Å². The topological polar surface area (TPSA) is 84.6 Å². The number of hydrogen-bond donors (Lipinski definition) is 1. The molecule has 2 atom stereocenters. The summed E-state index contributed by atoms with van der Waals surface area (Å²) < 4.78 is 0. The van der Waals surface area contributed by atoms with Crippen LogP contribution in [0, 0.1) is 22.7 Å². The molecule has 2 amide bonds. The second kappa shape index (κ2) is 5.91. The highest BCUT2D eigenvalue weighted by Crippen LogP contribution is 2.30. The number of hydrogen-bond acceptors (Lipinski definition) is 3. The van der Waals surface area contributed by atoms with E-state index in [1.54, 1.807) is 25.8 Å². The molecule has 2 unspecified atom stereocenters. The van der Waals surface area contributed by atoms with E-state index in [4.69, 9.17) is 5.26 Å². The zero-order chi connectivity index (χ0) is 14.6. The molecule has 1 saturated heterocycles. The first-order valence-corrected chi connectivity index (χ1v) is 6.43. The Bertz CT molecular complexity index is 404. The highest BCUT2D eigenvalue weighted by molar-refractivity contribution is 5.78. The second-order valence-corrected chi connectivity index (χ2v) is 5.58. The third-order valence-corrected chi connectivity index (χ3v) is 3.58. The molecular formula is C13H21N3O3. The summed E-state index contributed by atoms with van der Waals surface area (Å²) in [6, 6.07) is 1.88. The first-order valence-electron chi connectivity index (χ1n) is 6.43. The van der Waals surface area contributed by atoms with Crippen LogP contribution in [0.25, 0.3) is 0 Å². The van der Waals surface area contributed by atoms with E-state index in [9.17, 15) is 14.7 Å². The lowest BCUT2D eigenvalue weighted by atomic mass is 9.82. The first kappa shape index (κ1) is 15.3. The lowest BCUT2D eigenvalue weighted by molar-refractivity contribution is -0.150. The highest BCUT2D eigenvalue weighted by atomic mass is 16.4. The molecule has 0 aliphatic carbocycles. The molecule has 1 fully saturated rings. The number of likely N-dealkylation sites (tertiary alicyclic amines) is 1. The summed E-state index contributed by atoms with van der Waals surface area (Å²) >= 11 is 0. The lowest BCUT2D eigenvalue weighted by Gasteiger charge is -2.39. The Morgan fingerprint density at radius 2 is 2.21 bits per heavy atom. The van der Waals surface area contributed by atoms with E-state index in [2.05, 4.69) is 6.07 Å². The molecule has 19 heavy (non-hydrogen) atoms. The molecule has 1 aliphatic rings. The van der Waals surface area contributed by atoms with Crippen LogP contribution in [0.4, 0.5) is 4.79 Å². The summed E-state index contributed by atoms with van der Waals surface area (Å²) in [6.45, 7) is 4.59. The van der Waals surface area contributed by atoms with Gasteiger partial charge in [-0.2, -0.15) is 5.26 Å². The van der Waals surface area contributed by atoms with Crippen molar-refractivity contribution in [2.45, 2.75) is 26.7 Å². The molecule has 1 rings (SSSR count). The van der Waals surface area contributed by atoms with Gasteiger partial charge < -0.3 is 14.9 Å². The van der Waals surface area contributed by atoms with Crippen molar-refractivity contribution in [1.29, 1.82) is 5.26 Å². The SMILES string of the molecule is CC(C#N)CN(C)C(=O)N1CCCC(C)(C(=O)O)C1. The molecule has 6 heteroatoms. The molecule has 0 spiro atoms. The van der Waals surface area contributed by atoms with Crippen molar-refractivity contribution in [1.82, 2.24) is 9.80 Å². The Hall–Kier alpha value is -1.77. The Kier molecular flexibility index (Phi) is 4.76. The number of aliphatic carboxylic acids is 1. The van der Waals surface area contributed by atoms with Gasteiger partial charge in [0.25, 0.3) is 0 Å². The maximum atomic E-state index is 12.2. The summed E-state index contributed by atoms with van der Waals surface area (Å²) in [5, 5.41) is 18.0. The molecule has 0 aromatic rings. The second-order valence-electron chi connectivity index (χ2n) is 5.58. The highest BCUT2D eigenvalue weighted by Gasteiger charge is 2.40. The van der Waals surface area contributed by atoms with Crippen molar-refractivity contribution < 1.29 is 14.7 Å². The van der Waals surface area contributed by atoms with Gasteiger partial charge in [0, 0.05) is 26.7 Å². The van der Waals surface area contributed by atoms with E-state index in [0.717, 1.165) is 0 Å². The Labute approximate surface area is 113 Å². The fourth-order valence-corrected chi connectivity index (χ4v) is 2.35. The van der Waals surface area contributed by atoms with Crippen molar-refractivity contribution in [3.8, 4) is 6.07 Å². The van der Waals surface area contributed by atoms with E-state index in [0.29, 0.717) is 25.9 Å². The van der Waals surface area contributed by atoms with E-state index < -0.39 is 11.4 Å². The maximum absolute atomic E-state index is 12.2. The van der Waals surface area contributed by atoms with Crippen LogP contribution in [0.1, 0.15) is 26.7 Å². The summed E-state index contributed by atoms with van der Waals surface area (Å²) in [5.41, 5.74) is -0.865. The number of nitrogens with zero attached hydrogens (tertiary/aromatic N) is 3. The third-order valence-electron chi connectivity index (χ3n) is 3.58. The van der Waals surface area contributed by atoms with Gasteiger partial charge >= 0.3 is 12.0 Å². The summed E-state index contributed by atoms with van der Waals surface area (Å²) in [4.78, 5) is 26.5. The largest absolute Gasteiger partial charge is 0.481 e. The van der Waals surface area contributed by atoms with Gasteiger partial charge in [-0.1, -0.05) is 0 Å². The number of carboxylic acids is 1. The van der Waals surface area contributed by atoms with Gasteiger partial charge in [0.05, 0.1) is 17.4 Å². The monoisotopic (exact) mass is 267 g/mol. The molecule has 0 saturated carbocycles. The Morgan fingerprint density at radius 1 is 1.58 bits per heavy atom.